The van der Waals surface area contributed by atoms with Crippen LogP contribution in [0.3, 0.4) is 0 Å². The summed E-state index contributed by atoms with van der Waals surface area (Å²) in [7, 11) is 0. The number of hydrogen-bond donors (Lipinski definition) is 3. The molecule has 0 radical (unpaired) electrons. The molecular formula is C22H25F3N2O4. The predicted molar refractivity (Wildman–Crippen MR) is 110 cm³/mol. The summed E-state index contributed by atoms with van der Waals surface area (Å²) in [6, 6.07) is 12.0. The Morgan fingerprint density at radius 3 is 2.35 bits per heavy atom. The maximum absolute atomic E-state index is 13.2. The van der Waals surface area contributed by atoms with Crippen molar-refractivity contribution in [3.8, 4) is 0 Å². The molecular weight excluding hydrogens is 413 g/mol. The first-order chi connectivity index (χ1) is 14.6. The molecule has 2 unspecified atom stereocenters. The molecule has 0 aliphatic rings. The number of alkyl halides is 3. The maximum Gasteiger partial charge on any atom is 0.416 e. The van der Waals surface area contributed by atoms with Crippen LogP contribution < -0.4 is 10.6 Å². The van der Waals surface area contributed by atoms with Gasteiger partial charge in [-0.3, -0.25) is 10.1 Å². The van der Waals surface area contributed by atoms with E-state index in [9.17, 15) is 27.9 Å². The van der Waals surface area contributed by atoms with Crippen LogP contribution in [0.4, 0.5) is 23.7 Å². The molecule has 2 aromatic rings. The highest BCUT2D eigenvalue weighted by Gasteiger charge is 2.36. The van der Waals surface area contributed by atoms with Crippen molar-refractivity contribution in [2.45, 2.75) is 38.5 Å². The monoisotopic (exact) mass is 438 g/mol. The Morgan fingerprint density at radius 2 is 1.74 bits per heavy atom. The van der Waals surface area contributed by atoms with Gasteiger partial charge in [0.2, 0.25) is 5.91 Å². The van der Waals surface area contributed by atoms with Crippen LogP contribution in [0, 0.1) is 0 Å². The minimum absolute atomic E-state index is 0.105. The molecule has 0 saturated heterocycles. The molecule has 31 heavy (non-hydrogen) atoms. The first kappa shape index (κ1) is 24.2. The van der Waals surface area contributed by atoms with Gasteiger partial charge in [-0.15, -0.1) is 0 Å². The van der Waals surface area contributed by atoms with Crippen molar-refractivity contribution < 1.29 is 32.6 Å². The third-order valence-corrected chi connectivity index (χ3v) is 4.74. The average molecular weight is 438 g/mol. The minimum Gasteiger partial charge on any atom is -0.447 e. The third-order valence-electron chi connectivity index (χ3n) is 4.74. The molecule has 0 aliphatic heterocycles. The van der Waals surface area contributed by atoms with Crippen molar-refractivity contribution in [2.24, 2.45) is 0 Å². The van der Waals surface area contributed by atoms with Gasteiger partial charge in [0.1, 0.15) is 12.7 Å². The molecule has 0 aliphatic carbocycles. The molecule has 9 heteroatoms. The molecule has 0 spiro atoms. The molecule has 3 N–H and O–H groups in total. The maximum atomic E-state index is 13.2. The molecule has 6 nitrogen and oxygen atoms in total. The molecule has 0 heterocycles. The number of benzene rings is 2. The van der Waals surface area contributed by atoms with E-state index in [0.29, 0.717) is 5.69 Å². The number of hydrogen-bond acceptors (Lipinski definition) is 4. The first-order valence-electron chi connectivity index (χ1n) is 9.78. The van der Waals surface area contributed by atoms with Gasteiger partial charge < -0.3 is 15.2 Å². The summed E-state index contributed by atoms with van der Waals surface area (Å²) in [5.41, 5.74) is 0.592. The van der Waals surface area contributed by atoms with Gasteiger partial charge in [-0.2, -0.15) is 13.2 Å². The summed E-state index contributed by atoms with van der Waals surface area (Å²) in [6.07, 6.45) is -6.14. The van der Waals surface area contributed by atoms with E-state index in [1.165, 1.54) is 25.1 Å². The molecule has 0 aromatic heterocycles. The Balaban J connectivity index is 1.81. The Bertz CT molecular complexity index is 885. The summed E-state index contributed by atoms with van der Waals surface area (Å²) < 4.78 is 44.4. The van der Waals surface area contributed by atoms with Gasteiger partial charge in [0.15, 0.2) is 0 Å². The second-order valence-electron chi connectivity index (χ2n) is 6.92. The Hall–Kier alpha value is -3.07. The number of anilines is 1. The predicted octanol–water partition coefficient (Wildman–Crippen LogP) is 4.10. The van der Waals surface area contributed by atoms with Crippen molar-refractivity contribution >= 4 is 17.7 Å². The standard InChI is InChI=1S/C22H25F3N2O4/c1-3-15-8-10-16(11-9-15)27-21(30)31-13-12-26-20(29)19(28)14(2)17-6-4-5-7-18(17)22(23,24)25/h4-11,14,19,28H,3,12-13H2,1-2H3,(H,26,29)(H,27,30). The number of carbonyl (C=O) groups is 2. The highest BCUT2D eigenvalue weighted by molar-refractivity contribution is 5.84. The topological polar surface area (TPSA) is 87.7 Å². The highest BCUT2D eigenvalue weighted by Crippen LogP contribution is 2.36. The zero-order valence-corrected chi connectivity index (χ0v) is 17.2. The number of aliphatic hydroxyl groups is 1. The molecule has 168 valence electrons. The van der Waals surface area contributed by atoms with Crippen molar-refractivity contribution in [3.05, 3.63) is 65.2 Å². The molecule has 2 aromatic carbocycles. The van der Waals surface area contributed by atoms with E-state index in [1.807, 2.05) is 19.1 Å². The van der Waals surface area contributed by atoms with Crippen LogP contribution in [0.5, 0.6) is 0 Å². The van der Waals surface area contributed by atoms with Crippen LogP contribution in [0.15, 0.2) is 48.5 Å². The van der Waals surface area contributed by atoms with E-state index in [4.69, 9.17) is 4.74 Å². The van der Waals surface area contributed by atoms with Gasteiger partial charge in [0.05, 0.1) is 12.1 Å². The normalized spacial score (nSPS) is 13.2. The Kier molecular flexibility index (Phi) is 8.44. The SMILES string of the molecule is CCc1ccc(NC(=O)OCCNC(=O)C(O)C(C)c2ccccc2C(F)(F)F)cc1. The van der Waals surface area contributed by atoms with Crippen molar-refractivity contribution in [1.82, 2.24) is 5.32 Å². The number of aliphatic hydroxyl groups excluding tert-OH is 1. The molecule has 2 atom stereocenters. The molecule has 2 rings (SSSR count). The number of carbonyl (C=O) groups excluding carboxylic acids is 2. The van der Waals surface area contributed by atoms with Gasteiger partial charge in [-0.1, -0.05) is 44.2 Å². The lowest BCUT2D eigenvalue weighted by atomic mass is 9.90. The van der Waals surface area contributed by atoms with Gasteiger partial charge in [-0.25, -0.2) is 4.79 Å². The van der Waals surface area contributed by atoms with E-state index in [1.54, 1.807) is 12.1 Å². The fourth-order valence-electron chi connectivity index (χ4n) is 2.95. The molecule has 0 saturated carbocycles. The van der Waals surface area contributed by atoms with E-state index in [-0.39, 0.29) is 18.7 Å². The summed E-state index contributed by atoms with van der Waals surface area (Å²) in [6.45, 7) is 3.07. The number of amides is 2. The van der Waals surface area contributed by atoms with Crippen LogP contribution in [-0.2, 0) is 22.1 Å². The van der Waals surface area contributed by atoms with Crippen LogP contribution in [0.2, 0.25) is 0 Å². The second-order valence-corrected chi connectivity index (χ2v) is 6.92. The van der Waals surface area contributed by atoms with Crippen LogP contribution >= 0.6 is 0 Å². The van der Waals surface area contributed by atoms with Crippen molar-refractivity contribution in [1.29, 1.82) is 0 Å². The summed E-state index contributed by atoms with van der Waals surface area (Å²) >= 11 is 0. The third kappa shape index (κ3) is 6.99. The van der Waals surface area contributed by atoms with Crippen LogP contribution in [0.25, 0.3) is 0 Å². The Labute approximate surface area is 178 Å². The average Bonchev–Trinajstić information content (AvgIpc) is 2.75. The van der Waals surface area contributed by atoms with Gasteiger partial charge in [-0.05, 0) is 35.7 Å². The summed E-state index contributed by atoms with van der Waals surface area (Å²) in [5, 5.41) is 15.1. The number of rotatable bonds is 8. The lowest BCUT2D eigenvalue weighted by Gasteiger charge is -2.22. The van der Waals surface area contributed by atoms with Crippen molar-refractivity contribution in [3.63, 3.8) is 0 Å². The fraction of sp³-hybridized carbons (Fsp3) is 0.364. The zero-order valence-electron chi connectivity index (χ0n) is 17.2. The lowest BCUT2D eigenvalue weighted by Crippen LogP contribution is -2.40. The number of ether oxygens (including phenoxy) is 1. The molecule has 0 fully saturated rings. The van der Waals surface area contributed by atoms with Gasteiger partial charge in [0, 0.05) is 11.6 Å². The number of aryl methyl sites for hydroxylation is 1. The minimum atomic E-state index is -4.60. The van der Waals surface area contributed by atoms with Crippen LogP contribution in [-0.4, -0.2) is 36.4 Å². The fourth-order valence-corrected chi connectivity index (χ4v) is 2.95. The highest BCUT2D eigenvalue weighted by atomic mass is 19.4. The quantitative estimate of drug-likeness (QED) is 0.542. The molecule has 2 amide bonds. The van der Waals surface area contributed by atoms with E-state index in [2.05, 4.69) is 10.6 Å². The zero-order chi connectivity index (χ0) is 23.0. The number of halogens is 3. The Morgan fingerprint density at radius 1 is 1.10 bits per heavy atom. The van der Waals surface area contributed by atoms with E-state index >= 15 is 0 Å². The lowest BCUT2D eigenvalue weighted by molar-refractivity contribution is -0.139. The second kappa shape index (κ2) is 10.8. The largest absolute Gasteiger partial charge is 0.447 e. The first-order valence-corrected chi connectivity index (χ1v) is 9.78. The van der Waals surface area contributed by atoms with Gasteiger partial charge in [0.25, 0.3) is 0 Å². The van der Waals surface area contributed by atoms with Crippen molar-refractivity contribution in [2.75, 3.05) is 18.5 Å². The van der Waals surface area contributed by atoms with Crippen LogP contribution in [0.1, 0.15) is 36.5 Å². The van der Waals surface area contributed by atoms with Gasteiger partial charge >= 0.3 is 12.3 Å². The smallest absolute Gasteiger partial charge is 0.416 e. The van der Waals surface area contributed by atoms with E-state index < -0.39 is 35.8 Å². The number of nitrogens with one attached hydrogen (secondary N) is 2. The summed E-state index contributed by atoms with van der Waals surface area (Å²) in [4.78, 5) is 23.9. The summed E-state index contributed by atoms with van der Waals surface area (Å²) in [5.74, 6) is -1.95. The van der Waals surface area contributed by atoms with E-state index in [0.717, 1.165) is 18.1 Å². The molecule has 0 bridgehead atoms.